The Hall–Kier alpha value is -2.70. The molecule has 1 amide bonds. The molecule has 7 heteroatoms. The fraction of sp³-hybridized carbons (Fsp3) is 0.375. The molecule has 0 aliphatic heterocycles. The van der Waals surface area contributed by atoms with Gasteiger partial charge in [0.25, 0.3) is 0 Å². The number of carboxylic acid groups (broad SMARTS) is 1. The lowest BCUT2D eigenvalue weighted by Crippen LogP contribution is -2.30. The van der Waals surface area contributed by atoms with Crippen molar-refractivity contribution in [2.45, 2.75) is 31.8 Å². The monoisotopic (exact) mass is 314 g/mol. The van der Waals surface area contributed by atoms with E-state index in [0.717, 1.165) is 18.4 Å². The maximum Gasteiger partial charge on any atom is 0.325 e. The van der Waals surface area contributed by atoms with Gasteiger partial charge in [-0.2, -0.15) is 0 Å². The molecule has 0 spiro atoms. The molecule has 2 aromatic rings. The molecule has 7 nitrogen and oxygen atoms in total. The van der Waals surface area contributed by atoms with Crippen molar-refractivity contribution in [1.29, 1.82) is 0 Å². The Morgan fingerprint density at radius 2 is 2.04 bits per heavy atom. The third-order valence-corrected chi connectivity index (χ3v) is 3.86. The van der Waals surface area contributed by atoms with E-state index in [4.69, 9.17) is 5.11 Å². The third kappa shape index (κ3) is 3.94. The Labute approximate surface area is 133 Å². The fourth-order valence-electron chi connectivity index (χ4n) is 2.65. The summed E-state index contributed by atoms with van der Waals surface area (Å²) in [4.78, 5) is 23.1. The normalized spacial score (nSPS) is 15.1. The number of rotatable bonds is 7. The summed E-state index contributed by atoms with van der Waals surface area (Å²) in [5.41, 5.74) is 1.57. The van der Waals surface area contributed by atoms with Crippen LogP contribution in [0.4, 0.5) is 0 Å². The number of nitrogens with one attached hydrogen (secondary N) is 1. The van der Waals surface area contributed by atoms with Crippen molar-refractivity contribution in [3.05, 3.63) is 47.8 Å². The quantitative estimate of drug-likeness (QED) is 0.799. The minimum Gasteiger partial charge on any atom is -0.480 e. The van der Waals surface area contributed by atoms with Crippen molar-refractivity contribution < 1.29 is 14.7 Å². The van der Waals surface area contributed by atoms with E-state index in [1.165, 1.54) is 10.9 Å². The van der Waals surface area contributed by atoms with Crippen LogP contribution in [0.1, 0.15) is 30.0 Å². The van der Waals surface area contributed by atoms with E-state index in [1.807, 2.05) is 30.3 Å². The van der Waals surface area contributed by atoms with E-state index in [2.05, 4.69) is 15.6 Å². The highest BCUT2D eigenvalue weighted by Gasteiger charge is 2.37. The van der Waals surface area contributed by atoms with Crippen LogP contribution in [0.15, 0.2) is 36.5 Å². The zero-order chi connectivity index (χ0) is 16.2. The second kappa shape index (κ2) is 6.60. The van der Waals surface area contributed by atoms with Crippen LogP contribution in [-0.2, 0) is 22.7 Å². The Balaban J connectivity index is 1.61. The number of nitrogens with zero attached hydrogens (tertiary/aromatic N) is 3. The molecule has 1 aliphatic rings. The number of hydrogen-bond acceptors (Lipinski definition) is 4. The predicted octanol–water partition coefficient (Wildman–Crippen LogP) is 1.17. The summed E-state index contributed by atoms with van der Waals surface area (Å²) in [6.45, 7) is 0.00413. The van der Waals surface area contributed by atoms with Crippen molar-refractivity contribution in [3.8, 4) is 0 Å². The zero-order valence-electron chi connectivity index (χ0n) is 12.6. The van der Waals surface area contributed by atoms with Crippen molar-refractivity contribution in [3.63, 3.8) is 0 Å². The van der Waals surface area contributed by atoms with Crippen LogP contribution in [0.25, 0.3) is 0 Å². The highest BCUT2D eigenvalue weighted by Crippen LogP contribution is 2.42. The van der Waals surface area contributed by atoms with Crippen LogP contribution in [-0.4, -0.2) is 32.0 Å². The number of amides is 1. The van der Waals surface area contributed by atoms with Gasteiger partial charge < -0.3 is 10.4 Å². The van der Waals surface area contributed by atoms with Gasteiger partial charge >= 0.3 is 5.97 Å². The third-order valence-electron chi connectivity index (χ3n) is 3.86. The number of hydrogen-bond donors (Lipinski definition) is 2. The van der Waals surface area contributed by atoms with Gasteiger partial charge in [0, 0.05) is 0 Å². The van der Waals surface area contributed by atoms with E-state index in [-0.39, 0.29) is 24.9 Å². The number of carboxylic acids is 1. The van der Waals surface area contributed by atoms with Crippen molar-refractivity contribution >= 4 is 11.9 Å². The van der Waals surface area contributed by atoms with Crippen LogP contribution in [0, 0.1) is 5.92 Å². The minimum absolute atomic E-state index is 0.0218. The van der Waals surface area contributed by atoms with E-state index >= 15 is 0 Å². The summed E-state index contributed by atoms with van der Waals surface area (Å²) in [5, 5.41) is 19.2. The molecule has 1 unspecified atom stereocenters. The Kier molecular flexibility index (Phi) is 4.36. The van der Waals surface area contributed by atoms with Gasteiger partial charge in [0.15, 0.2) is 0 Å². The van der Waals surface area contributed by atoms with Gasteiger partial charge in [0.1, 0.15) is 12.2 Å². The summed E-state index contributed by atoms with van der Waals surface area (Å²) >= 11 is 0. The molecule has 23 heavy (non-hydrogen) atoms. The van der Waals surface area contributed by atoms with Gasteiger partial charge in [0.2, 0.25) is 5.91 Å². The minimum atomic E-state index is -0.983. The first-order valence-corrected chi connectivity index (χ1v) is 7.57. The molecule has 1 aromatic heterocycles. The first kappa shape index (κ1) is 15.2. The molecule has 3 rings (SSSR count). The number of benzene rings is 1. The lowest BCUT2D eigenvalue weighted by molar-refractivity contribution is -0.138. The van der Waals surface area contributed by atoms with Gasteiger partial charge in [0.05, 0.1) is 18.7 Å². The van der Waals surface area contributed by atoms with Gasteiger partial charge in [-0.3, -0.25) is 9.59 Å². The maximum atomic E-state index is 12.5. The number of carbonyl (C=O) groups excluding carboxylic acids is 1. The van der Waals surface area contributed by atoms with Gasteiger partial charge in [-0.1, -0.05) is 35.5 Å². The lowest BCUT2D eigenvalue weighted by atomic mass is 9.93. The van der Waals surface area contributed by atoms with E-state index in [1.54, 1.807) is 0 Å². The summed E-state index contributed by atoms with van der Waals surface area (Å²) in [7, 11) is 0. The number of aliphatic carboxylic acids is 1. The SMILES string of the molecule is O=C(O)Cn1cc(CNC(=O)C(c2ccccc2)C2CC2)nn1. The van der Waals surface area contributed by atoms with Gasteiger partial charge in [-0.15, -0.1) is 5.10 Å². The molecule has 0 radical (unpaired) electrons. The average Bonchev–Trinajstić information content (AvgIpc) is 3.26. The smallest absolute Gasteiger partial charge is 0.325 e. The van der Waals surface area contributed by atoms with Crippen LogP contribution in [0.5, 0.6) is 0 Å². The summed E-state index contributed by atoms with van der Waals surface area (Å²) in [5.74, 6) is -0.736. The lowest BCUT2D eigenvalue weighted by Gasteiger charge is -2.16. The van der Waals surface area contributed by atoms with Crippen LogP contribution < -0.4 is 5.32 Å². The molecule has 0 saturated heterocycles. The molecule has 1 saturated carbocycles. The highest BCUT2D eigenvalue weighted by molar-refractivity contribution is 5.84. The molecular formula is C16H18N4O3. The molecule has 1 atom stereocenters. The maximum absolute atomic E-state index is 12.5. The van der Waals surface area contributed by atoms with Crippen molar-refractivity contribution in [1.82, 2.24) is 20.3 Å². The second-order valence-corrected chi connectivity index (χ2v) is 5.74. The molecule has 120 valence electrons. The topological polar surface area (TPSA) is 97.1 Å². The van der Waals surface area contributed by atoms with Gasteiger partial charge in [-0.05, 0) is 24.3 Å². The van der Waals surface area contributed by atoms with Crippen molar-refractivity contribution in [2.24, 2.45) is 5.92 Å². The molecule has 2 N–H and O–H groups in total. The first-order chi connectivity index (χ1) is 11.1. The Bertz CT molecular complexity index is 694. The van der Waals surface area contributed by atoms with E-state index in [9.17, 15) is 9.59 Å². The molecule has 1 aliphatic carbocycles. The summed E-state index contributed by atoms with van der Waals surface area (Å²) in [6, 6.07) is 9.77. The molecular weight excluding hydrogens is 296 g/mol. The molecule has 1 aromatic carbocycles. The molecule has 1 heterocycles. The Morgan fingerprint density at radius 1 is 1.30 bits per heavy atom. The van der Waals surface area contributed by atoms with Crippen LogP contribution in [0.2, 0.25) is 0 Å². The standard InChI is InChI=1S/C16H18N4O3/c21-14(22)10-20-9-13(18-19-20)8-17-16(23)15(12-6-7-12)11-4-2-1-3-5-11/h1-5,9,12,15H,6-8,10H2,(H,17,23)(H,21,22). The molecule has 0 bridgehead atoms. The van der Waals surface area contributed by atoms with Crippen molar-refractivity contribution in [2.75, 3.05) is 0 Å². The Morgan fingerprint density at radius 3 is 2.70 bits per heavy atom. The zero-order valence-corrected chi connectivity index (χ0v) is 12.6. The second-order valence-electron chi connectivity index (χ2n) is 5.74. The fourth-order valence-corrected chi connectivity index (χ4v) is 2.65. The number of aromatic nitrogens is 3. The highest BCUT2D eigenvalue weighted by atomic mass is 16.4. The predicted molar refractivity (Wildman–Crippen MR) is 81.4 cm³/mol. The van der Waals surface area contributed by atoms with Gasteiger partial charge in [-0.25, -0.2) is 4.68 Å². The summed E-state index contributed by atoms with van der Waals surface area (Å²) in [6.07, 6.45) is 3.67. The summed E-state index contributed by atoms with van der Waals surface area (Å²) < 4.78 is 1.24. The molecule has 1 fully saturated rings. The van der Waals surface area contributed by atoms with E-state index in [0.29, 0.717) is 11.6 Å². The number of carbonyl (C=O) groups is 2. The van der Waals surface area contributed by atoms with Crippen LogP contribution in [0.3, 0.4) is 0 Å². The van der Waals surface area contributed by atoms with Crippen LogP contribution >= 0.6 is 0 Å². The largest absolute Gasteiger partial charge is 0.480 e. The van der Waals surface area contributed by atoms with E-state index < -0.39 is 5.97 Å². The average molecular weight is 314 g/mol. The first-order valence-electron chi connectivity index (χ1n) is 7.57.